The van der Waals surface area contributed by atoms with E-state index in [2.05, 4.69) is 15.6 Å². The van der Waals surface area contributed by atoms with Crippen molar-refractivity contribution in [3.05, 3.63) is 48.0 Å². The molecule has 11 nitrogen and oxygen atoms in total. The Balaban J connectivity index is 2.01. The lowest BCUT2D eigenvalue weighted by molar-refractivity contribution is -0.128. The van der Waals surface area contributed by atoms with Gasteiger partial charge in [-0.1, -0.05) is 0 Å². The molecule has 0 aliphatic carbocycles. The maximum absolute atomic E-state index is 12.6. The van der Waals surface area contributed by atoms with Crippen LogP contribution >= 0.6 is 0 Å². The Morgan fingerprint density at radius 2 is 1.68 bits per heavy atom. The van der Waals surface area contributed by atoms with E-state index in [0.29, 0.717) is 18.1 Å². The van der Waals surface area contributed by atoms with E-state index >= 15 is 0 Å². The van der Waals surface area contributed by atoms with Crippen LogP contribution in [0.2, 0.25) is 0 Å². The van der Waals surface area contributed by atoms with Crippen LogP contribution in [0.15, 0.2) is 47.4 Å². The molecule has 12 heteroatoms. The predicted octanol–water partition coefficient (Wildman–Crippen LogP) is 1.25. The minimum absolute atomic E-state index is 0.00620. The monoisotopic (exact) mass is 495 g/mol. The lowest BCUT2D eigenvalue weighted by Crippen LogP contribution is -2.47. The van der Waals surface area contributed by atoms with Gasteiger partial charge < -0.3 is 18.9 Å². The number of carbonyl (C=O) groups excluding carboxylic acids is 2. The van der Waals surface area contributed by atoms with Gasteiger partial charge in [0.1, 0.15) is 22.1 Å². The van der Waals surface area contributed by atoms with Crippen LogP contribution in [-0.4, -0.2) is 60.3 Å². The van der Waals surface area contributed by atoms with E-state index < -0.39 is 27.9 Å². The Hall–Kier alpha value is -3.35. The van der Waals surface area contributed by atoms with Crippen molar-refractivity contribution in [2.24, 2.45) is 0 Å². The second-order valence-electron chi connectivity index (χ2n) is 6.86. The van der Waals surface area contributed by atoms with Gasteiger partial charge in [0.25, 0.3) is 11.8 Å². The first-order chi connectivity index (χ1) is 16.2. The molecule has 0 heterocycles. The summed E-state index contributed by atoms with van der Waals surface area (Å²) in [6.45, 7) is 4.13. The number of hydrazine groups is 1. The average Bonchev–Trinajstić information content (AvgIpc) is 2.83. The van der Waals surface area contributed by atoms with Gasteiger partial charge in [-0.3, -0.25) is 20.4 Å². The third kappa shape index (κ3) is 7.61. The molecule has 0 saturated carbocycles. The zero-order chi connectivity index (χ0) is 25.1. The van der Waals surface area contributed by atoms with Crippen molar-refractivity contribution >= 4 is 21.8 Å². The molecule has 0 fully saturated rings. The van der Waals surface area contributed by atoms with E-state index in [1.807, 2.05) is 6.92 Å². The van der Waals surface area contributed by atoms with E-state index in [4.69, 9.17) is 18.9 Å². The fourth-order valence-electron chi connectivity index (χ4n) is 2.71. The first-order valence-electron chi connectivity index (χ1n) is 10.4. The molecule has 2 amide bonds. The van der Waals surface area contributed by atoms with Crippen LogP contribution in [0.3, 0.4) is 0 Å². The summed E-state index contributed by atoms with van der Waals surface area (Å²) >= 11 is 0. The third-order valence-corrected chi connectivity index (χ3v) is 5.91. The number of amides is 2. The number of hydrogen-bond acceptors (Lipinski definition) is 8. The normalized spacial score (nSPS) is 11.9. The SMILES string of the molecule is CCOc1ccc(OC(C)C(=O)NNC(=O)c2ccc(OC)c(S(=O)(=O)NCCOC)c2)cc1. The number of ether oxygens (including phenoxy) is 4. The van der Waals surface area contributed by atoms with Crippen molar-refractivity contribution in [2.45, 2.75) is 24.8 Å². The molecular weight excluding hydrogens is 466 g/mol. The average molecular weight is 496 g/mol. The number of methoxy groups -OCH3 is 2. The molecule has 0 saturated heterocycles. The van der Waals surface area contributed by atoms with Gasteiger partial charge in [-0.15, -0.1) is 0 Å². The lowest BCUT2D eigenvalue weighted by atomic mass is 10.2. The van der Waals surface area contributed by atoms with E-state index in [-0.39, 0.29) is 29.4 Å². The second-order valence-corrected chi connectivity index (χ2v) is 8.60. The van der Waals surface area contributed by atoms with Crippen LogP contribution in [0.25, 0.3) is 0 Å². The number of carbonyl (C=O) groups is 2. The molecule has 1 unspecified atom stereocenters. The summed E-state index contributed by atoms with van der Waals surface area (Å²) in [6.07, 6.45) is -0.921. The van der Waals surface area contributed by atoms with Crippen LogP contribution in [0.5, 0.6) is 17.2 Å². The minimum atomic E-state index is -3.97. The topological polar surface area (TPSA) is 141 Å². The molecular formula is C22H29N3O8S. The Bertz CT molecular complexity index is 1070. The highest BCUT2D eigenvalue weighted by molar-refractivity contribution is 7.89. The van der Waals surface area contributed by atoms with Crippen molar-refractivity contribution in [2.75, 3.05) is 34.0 Å². The summed E-state index contributed by atoms with van der Waals surface area (Å²) in [5.74, 6) is -0.150. The second kappa shape index (κ2) is 12.8. The number of nitrogens with one attached hydrogen (secondary N) is 3. The summed E-state index contributed by atoms with van der Waals surface area (Å²) in [7, 11) is -1.21. The summed E-state index contributed by atoms with van der Waals surface area (Å²) < 4.78 is 48.4. The van der Waals surface area contributed by atoms with Crippen LogP contribution in [0.1, 0.15) is 24.2 Å². The number of sulfonamides is 1. The summed E-state index contributed by atoms with van der Waals surface area (Å²) in [6, 6.07) is 10.6. The van der Waals surface area contributed by atoms with E-state index in [1.165, 1.54) is 33.3 Å². The molecule has 0 spiro atoms. The summed E-state index contributed by atoms with van der Waals surface area (Å²) in [4.78, 5) is 24.6. The highest BCUT2D eigenvalue weighted by Crippen LogP contribution is 2.25. The van der Waals surface area contributed by atoms with E-state index in [9.17, 15) is 18.0 Å². The molecule has 0 aliphatic rings. The molecule has 186 valence electrons. The fraction of sp³-hybridized carbons (Fsp3) is 0.364. The molecule has 2 aromatic rings. The third-order valence-electron chi connectivity index (χ3n) is 4.43. The molecule has 34 heavy (non-hydrogen) atoms. The molecule has 1 atom stereocenters. The Morgan fingerprint density at radius 1 is 1.00 bits per heavy atom. The molecule has 2 rings (SSSR count). The van der Waals surface area contributed by atoms with Gasteiger partial charge in [0, 0.05) is 19.2 Å². The smallest absolute Gasteiger partial charge is 0.279 e. The zero-order valence-corrected chi connectivity index (χ0v) is 20.2. The van der Waals surface area contributed by atoms with Crippen LogP contribution < -0.4 is 29.8 Å². The Morgan fingerprint density at radius 3 is 2.29 bits per heavy atom. The number of hydrogen-bond donors (Lipinski definition) is 3. The van der Waals surface area contributed by atoms with E-state index in [0.717, 1.165) is 6.07 Å². The van der Waals surface area contributed by atoms with Crippen molar-refractivity contribution in [3.8, 4) is 17.2 Å². The molecule has 0 aliphatic heterocycles. The maximum atomic E-state index is 12.6. The minimum Gasteiger partial charge on any atom is -0.495 e. The maximum Gasteiger partial charge on any atom is 0.279 e. The van der Waals surface area contributed by atoms with Crippen molar-refractivity contribution in [1.29, 1.82) is 0 Å². The van der Waals surface area contributed by atoms with Gasteiger partial charge in [0.05, 0.1) is 20.3 Å². The molecule has 3 N–H and O–H groups in total. The van der Waals surface area contributed by atoms with Crippen LogP contribution in [-0.2, 0) is 19.6 Å². The largest absolute Gasteiger partial charge is 0.495 e. The van der Waals surface area contributed by atoms with Gasteiger partial charge in [-0.2, -0.15) is 0 Å². The number of rotatable bonds is 12. The highest BCUT2D eigenvalue weighted by Gasteiger charge is 2.22. The zero-order valence-electron chi connectivity index (χ0n) is 19.4. The van der Waals surface area contributed by atoms with Gasteiger partial charge in [-0.05, 0) is 56.3 Å². The van der Waals surface area contributed by atoms with Gasteiger partial charge in [0.15, 0.2) is 6.10 Å². The van der Waals surface area contributed by atoms with Gasteiger partial charge in [0.2, 0.25) is 10.0 Å². The highest BCUT2D eigenvalue weighted by atomic mass is 32.2. The van der Waals surface area contributed by atoms with Crippen molar-refractivity contribution < 1.29 is 37.0 Å². The summed E-state index contributed by atoms with van der Waals surface area (Å²) in [5.41, 5.74) is 4.50. The quantitative estimate of drug-likeness (QED) is 0.295. The van der Waals surface area contributed by atoms with Crippen molar-refractivity contribution in [3.63, 3.8) is 0 Å². The first kappa shape index (κ1) is 26.9. The van der Waals surface area contributed by atoms with Crippen molar-refractivity contribution in [1.82, 2.24) is 15.6 Å². The summed E-state index contributed by atoms with van der Waals surface area (Å²) in [5, 5.41) is 0. The lowest BCUT2D eigenvalue weighted by Gasteiger charge is -2.16. The fourth-order valence-corrected chi connectivity index (χ4v) is 3.92. The number of benzene rings is 2. The van der Waals surface area contributed by atoms with Crippen LogP contribution in [0.4, 0.5) is 0 Å². The molecule has 2 aromatic carbocycles. The first-order valence-corrected chi connectivity index (χ1v) is 11.9. The van der Waals surface area contributed by atoms with E-state index in [1.54, 1.807) is 24.3 Å². The van der Waals surface area contributed by atoms with Gasteiger partial charge in [-0.25, -0.2) is 13.1 Å². The predicted molar refractivity (Wildman–Crippen MR) is 123 cm³/mol. The van der Waals surface area contributed by atoms with Gasteiger partial charge >= 0.3 is 0 Å². The molecule has 0 bridgehead atoms. The molecule has 0 radical (unpaired) electrons. The Labute approximate surface area is 198 Å². The molecule has 0 aromatic heterocycles. The Kier molecular flexibility index (Phi) is 10.1. The van der Waals surface area contributed by atoms with Crippen LogP contribution in [0, 0.1) is 0 Å². The standard InChI is InChI=1S/C22H29N3O8S/c1-5-32-17-7-9-18(10-8-17)33-15(2)21(26)24-25-22(27)16-6-11-19(31-4)20(14-16)34(28,29)23-12-13-30-3/h6-11,14-15,23H,5,12-13H2,1-4H3,(H,24,26)(H,25,27).